The van der Waals surface area contributed by atoms with Crippen LogP contribution in [0.3, 0.4) is 0 Å². The largest absolute Gasteiger partial charge is 0.272 e. The lowest BCUT2D eigenvalue weighted by atomic mass is 10.2. The Hall–Kier alpha value is -0.790. The second kappa shape index (κ2) is 2.21. The van der Waals surface area contributed by atoms with E-state index in [1.807, 2.05) is 11.7 Å². The molecule has 0 aromatic carbocycles. The van der Waals surface area contributed by atoms with E-state index in [1.54, 1.807) is 0 Å². The molecule has 49 valence electrons. The van der Waals surface area contributed by atoms with Crippen LogP contribution in [0.15, 0.2) is 0 Å². The molecule has 0 spiro atoms. The van der Waals surface area contributed by atoms with Gasteiger partial charge in [0, 0.05) is 18.3 Å². The molecular weight excluding hydrogens is 112 g/mol. The fourth-order valence-electron chi connectivity index (χ4n) is 0.821. The van der Waals surface area contributed by atoms with Crippen molar-refractivity contribution < 1.29 is 0 Å². The highest BCUT2D eigenvalue weighted by Gasteiger charge is 1.99. The van der Waals surface area contributed by atoms with Gasteiger partial charge in [-0.25, -0.2) is 0 Å². The molecule has 0 aliphatic carbocycles. The molecule has 1 radical (unpaired) electrons. The van der Waals surface area contributed by atoms with Crippen LogP contribution in [0.5, 0.6) is 0 Å². The third-order valence-electron chi connectivity index (χ3n) is 1.61. The number of rotatable bonds is 1. The highest BCUT2D eigenvalue weighted by Crippen LogP contribution is 2.03. The number of hydrogen-bond acceptors (Lipinski definition) is 1. The Morgan fingerprint density at radius 2 is 2.33 bits per heavy atom. The molecule has 0 N–H and O–H groups in total. The topological polar surface area (TPSA) is 17.8 Å². The maximum absolute atomic E-state index is 3.98. The number of aryl methyl sites for hydroxylation is 2. The number of aromatic nitrogens is 2. The van der Waals surface area contributed by atoms with Crippen LogP contribution in [0.1, 0.15) is 18.2 Å². The van der Waals surface area contributed by atoms with Gasteiger partial charge in [-0.05, 0) is 13.3 Å². The van der Waals surface area contributed by atoms with Crippen LogP contribution in [0.4, 0.5) is 0 Å². The maximum atomic E-state index is 3.98. The third-order valence-corrected chi connectivity index (χ3v) is 1.61. The lowest BCUT2D eigenvalue weighted by Crippen LogP contribution is -1.93. The first-order chi connectivity index (χ1) is 4.25. The van der Waals surface area contributed by atoms with Gasteiger partial charge in [0.1, 0.15) is 6.20 Å². The average Bonchev–Trinajstić information content (AvgIpc) is 2.15. The van der Waals surface area contributed by atoms with Gasteiger partial charge in [0.2, 0.25) is 0 Å². The van der Waals surface area contributed by atoms with Gasteiger partial charge < -0.3 is 0 Å². The molecule has 0 bridgehead atoms. The molecule has 0 aliphatic rings. The van der Waals surface area contributed by atoms with E-state index in [0.29, 0.717) is 0 Å². The SMILES string of the molecule is CCc1[c]nn(C)c1C. The summed E-state index contributed by atoms with van der Waals surface area (Å²) in [4.78, 5) is 0. The van der Waals surface area contributed by atoms with Crippen LogP contribution < -0.4 is 0 Å². The van der Waals surface area contributed by atoms with Gasteiger partial charge >= 0.3 is 0 Å². The quantitative estimate of drug-likeness (QED) is 0.546. The zero-order valence-corrected chi connectivity index (χ0v) is 6.10. The molecule has 0 unspecified atom stereocenters. The average molecular weight is 123 g/mol. The van der Waals surface area contributed by atoms with Gasteiger partial charge in [0.15, 0.2) is 0 Å². The molecule has 1 aromatic rings. The van der Waals surface area contributed by atoms with E-state index in [0.717, 1.165) is 6.42 Å². The van der Waals surface area contributed by atoms with Crippen LogP contribution in [0.2, 0.25) is 0 Å². The van der Waals surface area contributed by atoms with Crippen molar-refractivity contribution in [1.29, 1.82) is 0 Å². The van der Waals surface area contributed by atoms with Crippen molar-refractivity contribution >= 4 is 0 Å². The molecule has 0 amide bonds. The molecule has 2 nitrogen and oxygen atoms in total. The van der Waals surface area contributed by atoms with Crippen molar-refractivity contribution in [2.24, 2.45) is 7.05 Å². The van der Waals surface area contributed by atoms with E-state index < -0.39 is 0 Å². The fraction of sp³-hybridized carbons (Fsp3) is 0.571. The van der Waals surface area contributed by atoms with E-state index in [1.165, 1.54) is 11.3 Å². The van der Waals surface area contributed by atoms with Gasteiger partial charge in [-0.3, -0.25) is 4.68 Å². The van der Waals surface area contributed by atoms with E-state index in [-0.39, 0.29) is 0 Å². The molecule has 1 rings (SSSR count). The summed E-state index contributed by atoms with van der Waals surface area (Å²) in [6.45, 7) is 4.17. The predicted molar refractivity (Wildman–Crippen MR) is 36.2 cm³/mol. The summed E-state index contributed by atoms with van der Waals surface area (Å²) in [5.41, 5.74) is 2.44. The summed E-state index contributed by atoms with van der Waals surface area (Å²) >= 11 is 0. The van der Waals surface area contributed by atoms with Crippen LogP contribution in [0.25, 0.3) is 0 Å². The molecule has 0 aliphatic heterocycles. The zero-order valence-electron chi connectivity index (χ0n) is 6.10. The van der Waals surface area contributed by atoms with E-state index >= 15 is 0 Å². The number of nitrogens with zero attached hydrogens (tertiary/aromatic N) is 2. The Morgan fingerprint density at radius 3 is 2.56 bits per heavy atom. The van der Waals surface area contributed by atoms with Crippen molar-refractivity contribution in [2.45, 2.75) is 20.3 Å². The van der Waals surface area contributed by atoms with Crippen LogP contribution in [-0.4, -0.2) is 9.78 Å². The fourth-order valence-corrected chi connectivity index (χ4v) is 0.821. The summed E-state index contributed by atoms with van der Waals surface area (Å²) in [6, 6.07) is 0. The summed E-state index contributed by atoms with van der Waals surface area (Å²) in [5, 5.41) is 3.98. The van der Waals surface area contributed by atoms with Crippen molar-refractivity contribution in [1.82, 2.24) is 9.78 Å². The molecule has 2 heteroatoms. The summed E-state index contributed by atoms with van der Waals surface area (Å²) in [7, 11) is 1.94. The molecule has 0 fully saturated rings. The molecule has 1 aromatic heterocycles. The zero-order chi connectivity index (χ0) is 6.85. The van der Waals surface area contributed by atoms with E-state index in [4.69, 9.17) is 0 Å². The lowest BCUT2D eigenvalue weighted by Gasteiger charge is -1.93. The molecule has 0 atom stereocenters. The Kier molecular flexibility index (Phi) is 1.56. The van der Waals surface area contributed by atoms with Gasteiger partial charge in [-0.15, -0.1) is 0 Å². The Bertz CT molecular complexity index is 201. The first-order valence-electron chi connectivity index (χ1n) is 3.16. The van der Waals surface area contributed by atoms with Crippen molar-refractivity contribution in [2.75, 3.05) is 0 Å². The molecular formula is C7H11N2. The van der Waals surface area contributed by atoms with Crippen molar-refractivity contribution in [3.8, 4) is 0 Å². The van der Waals surface area contributed by atoms with Gasteiger partial charge in [-0.1, -0.05) is 6.92 Å². The van der Waals surface area contributed by atoms with Gasteiger partial charge in [-0.2, -0.15) is 5.10 Å². The van der Waals surface area contributed by atoms with Crippen LogP contribution in [0, 0.1) is 13.1 Å². The van der Waals surface area contributed by atoms with Gasteiger partial charge in [0.05, 0.1) is 0 Å². The van der Waals surface area contributed by atoms with Gasteiger partial charge in [0.25, 0.3) is 0 Å². The van der Waals surface area contributed by atoms with Crippen LogP contribution >= 0.6 is 0 Å². The normalized spacial score (nSPS) is 10.1. The Morgan fingerprint density at radius 1 is 1.67 bits per heavy atom. The third kappa shape index (κ3) is 0.969. The first kappa shape index (κ1) is 6.33. The monoisotopic (exact) mass is 123 g/mol. The van der Waals surface area contributed by atoms with E-state index in [2.05, 4.69) is 25.1 Å². The van der Waals surface area contributed by atoms with Crippen LogP contribution in [-0.2, 0) is 13.5 Å². The summed E-state index contributed by atoms with van der Waals surface area (Å²) in [5.74, 6) is 0. The summed E-state index contributed by atoms with van der Waals surface area (Å²) < 4.78 is 1.85. The minimum atomic E-state index is 1.03. The maximum Gasteiger partial charge on any atom is 0.116 e. The lowest BCUT2D eigenvalue weighted by molar-refractivity contribution is 0.736. The second-order valence-electron chi connectivity index (χ2n) is 2.15. The first-order valence-corrected chi connectivity index (χ1v) is 3.16. The number of hydrogen-bond donors (Lipinski definition) is 0. The predicted octanol–water partition coefficient (Wildman–Crippen LogP) is 1.09. The molecule has 0 saturated heterocycles. The summed E-state index contributed by atoms with van der Waals surface area (Å²) in [6.07, 6.45) is 3.96. The molecule has 1 heterocycles. The molecule has 0 saturated carbocycles. The Balaban J connectivity index is 3.04. The minimum Gasteiger partial charge on any atom is -0.272 e. The van der Waals surface area contributed by atoms with Crippen molar-refractivity contribution in [3.05, 3.63) is 17.5 Å². The Labute approximate surface area is 55.5 Å². The highest BCUT2D eigenvalue weighted by atomic mass is 15.3. The standard InChI is InChI=1S/C7H11N2/c1-4-7-5-8-9(3)6(7)2/h4H2,1-3H3. The van der Waals surface area contributed by atoms with E-state index in [9.17, 15) is 0 Å². The minimum absolute atomic E-state index is 1.03. The smallest absolute Gasteiger partial charge is 0.116 e. The highest BCUT2D eigenvalue weighted by molar-refractivity contribution is 5.13. The molecule has 9 heavy (non-hydrogen) atoms. The van der Waals surface area contributed by atoms with Crippen molar-refractivity contribution in [3.63, 3.8) is 0 Å². The second-order valence-corrected chi connectivity index (χ2v) is 2.15.